The molecule has 35 heavy (non-hydrogen) atoms. The number of nitrogens with one attached hydrogen (secondary N) is 3. The van der Waals surface area contributed by atoms with Crippen LogP contribution in [-0.4, -0.2) is 57.1 Å². The summed E-state index contributed by atoms with van der Waals surface area (Å²) in [6, 6.07) is 2.52. The highest BCUT2D eigenvalue weighted by Crippen LogP contribution is 2.42. The van der Waals surface area contributed by atoms with Gasteiger partial charge in [-0.05, 0) is 31.9 Å². The lowest BCUT2D eigenvalue weighted by molar-refractivity contribution is -0.274. The number of hydrogen-bond acceptors (Lipinski definition) is 9. The van der Waals surface area contributed by atoms with E-state index < -0.39 is 24.0 Å². The van der Waals surface area contributed by atoms with Gasteiger partial charge in [0.25, 0.3) is 0 Å². The van der Waals surface area contributed by atoms with Gasteiger partial charge in [0.1, 0.15) is 5.82 Å². The number of methoxy groups -OCH3 is 1. The molecule has 0 aromatic carbocycles. The second-order valence-corrected chi connectivity index (χ2v) is 7.96. The smallest absolute Gasteiger partial charge is 0.453 e. The van der Waals surface area contributed by atoms with Gasteiger partial charge < -0.3 is 30.8 Å². The number of H-pyrrole nitrogens is 1. The van der Waals surface area contributed by atoms with Crippen LogP contribution in [0, 0.1) is 0 Å². The first-order chi connectivity index (χ1) is 16.6. The number of alkyl carbamates (subject to hydrolysis) is 1. The first kappa shape index (κ1) is 24.0. The van der Waals surface area contributed by atoms with E-state index in [4.69, 9.17) is 5.73 Å². The number of nitrogen functional groups attached to an aromatic ring is 1. The molecular weight excluding hydrogens is 469 g/mol. The van der Waals surface area contributed by atoms with Crippen LogP contribution in [0.25, 0.3) is 22.6 Å². The molecule has 0 spiro atoms. The zero-order valence-corrected chi connectivity index (χ0v) is 18.8. The van der Waals surface area contributed by atoms with Crippen molar-refractivity contribution in [3.63, 3.8) is 0 Å². The zero-order chi connectivity index (χ0) is 25.2. The molecule has 1 aliphatic rings. The molecule has 3 heterocycles. The van der Waals surface area contributed by atoms with E-state index in [0.717, 1.165) is 18.9 Å². The van der Waals surface area contributed by atoms with E-state index in [1.807, 2.05) is 0 Å². The number of pyridine rings is 1. The van der Waals surface area contributed by atoms with Crippen molar-refractivity contribution >= 4 is 17.9 Å². The molecule has 0 saturated heterocycles. The summed E-state index contributed by atoms with van der Waals surface area (Å²) in [4.78, 5) is 31.7. The Hall–Kier alpha value is -4.10. The van der Waals surface area contributed by atoms with E-state index in [1.54, 1.807) is 13.0 Å². The second-order valence-electron chi connectivity index (χ2n) is 7.96. The number of aromatic amines is 1. The van der Waals surface area contributed by atoms with Crippen LogP contribution in [-0.2, 0) is 4.74 Å². The standard InChI is InChI=1S/C21H23F3N8O3/c1-10(29-20(33)34-2)8-28-19-26-6-5-13(30-19)16-15(31-18(32-16)11-3-4-11)12-7-14(17(25)27-9-12)35-21(22,23)24/h5-7,9-11H,3-4,8H2,1-2H3,(H2,25,27)(H,29,33)(H,31,32)(H,26,28,30)/t10-/m0/s1. The first-order valence-corrected chi connectivity index (χ1v) is 10.7. The Bertz CT molecular complexity index is 1210. The van der Waals surface area contributed by atoms with Gasteiger partial charge in [0.15, 0.2) is 11.6 Å². The number of imidazole rings is 1. The van der Waals surface area contributed by atoms with Crippen molar-refractivity contribution in [2.75, 3.05) is 24.7 Å². The maximum Gasteiger partial charge on any atom is 0.573 e. The van der Waals surface area contributed by atoms with Gasteiger partial charge >= 0.3 is 12.5 Å². The SMILES string of the molecule is COC(=O)N[C@@H](C)CNc1nccc(-c2[nH]c(C3CC3)nc2-c2cnc(N)c(OC(F)(F)F)c2)n1. The van der Waals surface area contributed by atoms with E-state index in [2.05, 4.69) is 45.0 Å². The molecule has 5 N–H and O–H groups in total. The molecule has 3 aromatic heterocycles. The fourth-order valence-electron chi connectivity index (χ4n) is 3.27. The number of ether oxygens (including phenoxy) is 2. The zero-order valence-electron chi connectivity index (χ0n) is 18.8. The van der Waals surface area contributed by atoms with Crippen LogP contribution in [0.5, 0.6) is 5.75 Å². The van der Waals surface area contributed by atoms with Gasteiger partial charge in [-0.3, -0.25) is 0 Å². The van der Waals surface area contributed by atoms with Crippen molar-refractivity contribution in [3.8, 4) is 28.4 Å². The van der Waals surface area contributed by atoms with Gasteiger partial charge in [-0.1, -0.05) is 0 Å². The number of anilines is 2. The number of carbonyl (C=O) groups excluding carboxylic acids is 1. The molecule has 1 fully saturated rings. The minimum absolute atomic E-state index is 0.236. The molecule has 1 atom stereocenters. The summed E-state index contributed by atoms with van der Waals surface area (Å²) in [6.45, 7) is 2.10. The summed E-state index contributed by atoms with van der Waals surface area (Å²) in [7, 11) is 1.27. The van der Waals surface area contributed by atoms with E-state index in [0.29, 0.717) is 29.5 Å². The second kappa shape index (κ2) is 9.64. The van der Waals surface area contributed by atoms with E-state index in [9.17, 15) is 18.0 Å². The molecule has 11 nitrogen and oxygen atoms in total. The Morgan fingerprint density at radius 3 is 2.77 bits per heavy atom. The largest absolute Gasteiger partial charge is 0.573 e. The van der Waals surface area contributed by atoms with Crippen LogP contribution in [0.15, 0.2) is 24.5 Å². The van der Waals surface area contributed by atoms with Crippen LogP contribution >= 0.6 is 0 Å². The number of nitrogens with two attached hydrogens (primary N) is 1. The van der Waals surface area contributed by atoms with Crippen molar-refractivity contribution in [2.45, 2.75) is 38.1 Å². The molecule has 14 heteroatoms. The normalized spacial score (nSPS) is 14.3. The van der Waals surface area contributed by atoms with Crippen LogP contribution < -0.4 is 21.1 Å². The molecule has 1 aliphatic carbocycles. The highest BCUT2D eigenvalue weighted by molar-refractivity contribution is 5.78. The Morgan fingerprint density at radius 2 is 2.09 bits per heavy atom. The number of alkyl halides is 3. The van der Waals surface area contributed by atoms with Gasteiger partial charge in [0, 0.05) is 36.5 Å². The third-order valence-electron chi connectivity index (χ3n) is 5.09. The fraction of sp³-hybridized carbons (Fsp3) is 0.381. The highest BCUT2D eigenvalue weighted by atomic mass is 19.4. The third kappa shape index (κ3) is 6.07. The van der Waals surface area contributed by atoms with E-state index in [-0.39, 0.29) is 23.5 Å². The number of nitrogens with zero attached hydrogens (tertiary/aromatic N) is 4. The number of carbonyl (C=O) groups is 1. The molecule has 0 unspecified atom stereocenters. The highest BCUT2D eigenvalue weighted by Gasteiger charge is 2.33. The van der Waals surface area contributed by atoms with Crippen LogP contribution in [0.3, 0.4) is 0 Å². The summed E-state index contributed by atoms with van der Waals surface area (Å²) in [5.74, 6) is 0.211. The molecule has 1 saturated carbocycles. The summed E-state index contributed by atoms with van der Waals surface area (Å²) in [5.41, 5.74) is 7.16. The summed E-state index contributed by atoms with van der Waals surface area (Å²) in [6.07, 6.45) is -0.712. The van der Waals surface area contributed by atoms with Crippen LogP contribution in [0.1, 0.15) is 31.5 Å². The van der Waals surface area contributed by atoms with Gasteiger partial charge in [0.05, 0.1) is 24.2 Å². The molecule has 186 valence electrons. The van der Waals surface area contributed by atoms with Gasteiger partial charge in [-0.25, -0.2) is 24.7 Å². The monoisotopic (exact) mass is 492 g/mol. The lowest BCUT2D eigenvalue weighted by Gasteiger charge is -2.14. The van der Waals surface area contributed by atoms with Crippen molar-refractivity contribution in [1.29, 1.82) is 0 Å². The number of amides is 1. The van der Waals surface area contributed by atoms with Gasteiger partial charge in [0.2, 0.25) is 5.95 Å². The first-order valence-electron chi connectivity index (χ1n) is 10.7. The van der Waals surface area contributed by atoms with Crippen molar-refractivity contribution in [3.05, 3.63) is 30.4 Å². The molecule has 0 bridgehead atoms. The molecule has 0 radical (unpaired) electrons. The third-order valence-corrected chi connectivity index (χ3v) is 5.09. The lowest BCUT2D eigenvalue weighted by atomic mass is 10.1. The average Bonchev–Trinajstić information content (AvgIpc) is 3.57. The Morgan fingerprint density at radius 1 is 1.31 bits per heavy atom. The Balaban J connectivity index is 1.64. The fourth-order valence-corrected chi connectivity index (χ4v) is 3.27. The summed E-state index contributed by atoms with van der Waals surface area (Å²) >= 11 is 0. The lowest BCUT2D eigenvalue weighted by Crippen LogP contribution is -2.37. The Labute approximate surface area is 197 Å². The van der Waals surface area contributed by atoms with Gasteiger partial charge in [-0.15, -0.1) is 13.2 Å². The molecule has 1 amide bonds. The van der Waals surface area contributed by atoms with Crippen molar-refractivity contribution < 1.29 is 27.4 Å². The van der Waals surface area contributed by atoms with Crippen molar-refractivity contribution in [1.82, 2.24) is 30.2 Å². The van der Waals surface area contributed by atoms with Gasteiger partial charge in [-0.2, -0.15) is 0 Å². The molecule has 0 aliphatic heterocycles. The van der Waals surface area contributed by atoms with E-state index in [1.165, 1.54) is 19.5 Å². The summed E-state index contributed by atoms with van der Waals surface area (Å²) in [5, 5.41) is 5.65. The van der Waals surface area contributed by atoms with E-state index >= 15 is 0 Å². The Kier molecular flexibility index (Phi) is 6.62. The maximum absolute atomic E-state index is 12.8. The minimum Gasteiger partial charge on any atom is -0.453 e. The predicted molar refractivity (Wildman–Crippen MR) is 119 cm³/mol. The topological polar surface area (TPSA) is 153 Å². The summed E-state index contributed by atoms with van der Waals surface area (Å²) < 4.78 is 47.0. The molecular formula is C21H23F3N8O3. The predicted octanol–water partition coefficient (Wildman–Crippen LogP) is 3.44. The molecule has 3 aromatic rings. The van der Waals surface area contributed by atoms with Crippen LogP contribution in [0.4, 0.5) is 29.7 Å². The van der Waals surface area contributed by atoms with Crippen LogP contribution in [0.2, 0.25) is 0 Å². The quantitative estimate of drug-likeness (QED) is 0.370. The maximum atomic E-state index is 12.8. The minimum atomic E-state index is -4.92. The average molecular weight is 492 g/mol. The molecule has 4 rings (SSSR count). The number of halogens is 3. The number of hydrogen-bond donors (Lipinski definition) is 4. The number of rotatable bonds is 8. The van der Waals surface area contributed by atoms with Crippen molar-refractivity contribution in [2.24, 2.45) is 0 Å². The number of aromatic nitrogens is 5.